The maximum atomic E-state index is 14.1. The highest BCUT2D eigenvalue weighted by molar-refractivity contribution is 5.82. The second kappa shape index (κ2) is 9.64. The normalized spacial score (nSPS) is 52.7. The predicted octanol–water partition coefficient (Wildman–Crippen LogP) is 4.50. The van der Waals surface area contributed by atoms with Crippen molar-refractivity contribution in [2.24, 2.45) is 35.5 Å². The number of amides is 2. The van der Waals surface area contributed by atoms with E-state index in [-0.39, 0.29) is 22.9 Å². The molecule has 0 aromatic heterocycles. The molecule has 0 aromatic rings. The Labute approximate surface area is 245 Å². The summed E-state index contributed by atoms with van der Waals surface area (Å²) in [6.45, 7) is 1.55. The van der Waals surface area contributed by atoms with Crippen LogP contribution >= 0.6 is 0 Å². The second-order valence-corrected chi connectivity index (χ2v) is 16.8. The molecular weight excluding hydrogens is 516 g/mol. The van der Waals surface area contributed by atoms with E-state index in [2.05, 4.69) is 10.6 Å². The van der Waals surface area contributed by atoms with Crippen LogP contribution in [0.5, 0.6) is 0 Å². The summed E-state index contributed by atoms with van der Waals surface area (Å²) in [4.78, 5) is 27.3. The largest absolute Gasteiger partial charge is 0.632 e. The zero-order valence-electron chi connectivity index (χ0n) is 25.0. The summed E-state index contributed by atoms with van der Waals surface area (Å²) in [6.07, 6.45) is 17.9. The van der Waals surface area contributed by atoms with Crippen LogP contribution in [-0.4, -0.2) is 70.4 Å². The van der Waals surface area contributed by atoms with Crippen LogP contribution in [0.15, 0.2) is 0 Å². The van der Waals surface area contributed by atoms with E-state index < -0.39 is 21.4 Å². The summed E-state index contributed by atoms with van der Waals surface area (Å²) in [5.74, 6) is 4.46. The molecule has 41 heavy (non-hydrogen) atoms. The first kappa shape index (κ1) is 27.3. The summed E-state index contributed by atoms with van der Waals surface area (Å²) >= 11 is 0. The van der Waals surface area contributed by atoms with Gasteiger partial charge in [0.15, 0.2) is 12.1 Å². The van der Waals surface area contributed by atoms with Crippen LogP contribution in [0.3, 0.4) is 0 Å². The van der Waals surface area contributed by atoms with E-state index in [1.807, 2.05) is 0 Å². The monoisotopic (exact) mass is 568 g/mol. The smallest absolute Gasteiger partial charge is 0.279 e. The number of hydrogen-bond donors (Lipinski definition) is 2. The molecule has 2 aliphatic heterocycles. The maximum Gasteiger partial charge on any atom is 0.279 e. The first-order valence-electron chi connectivity index (χ1n) is 17.4. The van der Waals surface area contributed by atoms with Gasteiger partial charge in [0.2, 0.25) is 0 Å². The molecule has 4 atom stereocenters. The van der Waals surface area contributed by atoms with Crippen LogP contribution < -0.4 is 10.6 Å². The van der Waals surface area contributed by atoms with Crippen molar-refractivity contribution in [3.8, 4) is 0 Å². The minimum atomic E-state index is -0.545. The van der Waals surface area contributed by atoms with Gasteiger partial charge in [0.25, 0.3) is 11.8 Å². The van der Waals surface area contributed by atoms with Gasteiger partial charge in [-0.2, -0.15) is 0 Å². The molecule has 8 heteroatoms. The van der Waals surface area contributed by atoms with Crippen molar-refractivity contribution < 1.29 is 18.9 Å². The zero-order valence-corrected chi connectivity index (χ0v) is 25.0. The van der Waals surface area contributed by atoms with Crippen LogP contribution in [0.4, 0.5) is 0 Å². The first-order valence-corrected chi connectivity index (χ1v) is 17.4. The van der Waals surface area contributed by atoms with Gasteiger partial charge in [0.1, 0.15) is 0 Å². The number of hydrogen-bond acceptors (Lipinski definition) is 4. The van der Waals surface area contributed by atoms with Gasteiger partial charge in [-0.25, -0.2) is 0 Å². The predicted molar refractivity (Wildman–Crippen MR) is 155 cm³/mol. The van der Waals surface area contributed by atoms with E-state index in [4.69, 9.17) is 0 Å². The van der Waals surface area contributed by atoms with Crippen molar-refractivity contribution in [2.45, 2.75) is 132 Å². The lowest BCUT2D eigenvalue weighted by Gasteiger charge is -2.57. The molecule has 0 spiro atoms. The van der Waals surface area contributed by atoms with Crippen molar-refractivity contribution in [2.75, 3.05) is 26.2 Å². The third kappa shape index (κ3) is 4.78. The Balaban J connectivity index is 0.881. The Bertz CT molecular complexity index is 927. The molecule has 8 bridgehead atoms. The number of carbonyl (C=O) groups is 2. The van der Waals surface area contributed by atoms with E-state index in [0.717, 1.165) is 86.9 Å². The highest BCUT2D eigenvalue weighted by Crippen LogP contribution is 2.57. The number of quaternary nitrogens is 2. The summed E-state index contributed by atoms with van der Waals surface area (Å²) in [5.41, 5.74) is -0.146. The van der Waals surface area contributed by atoms with Crippen LogP contribution in [0.2, 0.25) is 0 Å². The van der Waals surface area contributed by atoms with Crippen LogP contribution in [-0.2, 0) is 9.59 Å². The lowest BCUT2D eigenvalue weighted by molar-refractivity contribution is -0.902. The highest BCUT2D eigenvalue weighted by Gasteiger charge is 2.55. The third-order valence-corrected chi connectivity index (χ3v) is 13.7. The molecule has 8 aliphatic carbocycles. The molecule has 10 rings (SSSR count). The lowest BCUT2D eigenvalue weighted by atomic mass is 9.53. The average molecular weight is 569 g/mol. The molecule has 2 heterocycles. The summed E-state index contributed by atoms with van der Waals surface area (Å²) in [6, 6.07) is -1.09. The van der Waals surface area contributed by atoms with Gasteiger partial charge in [0.05, 0.1) is 26.2 Å². The molecule has 2 N–H and O–H groups in total. The van der Waals surface area contributed by atoms with Gasteiger partial charge < -0.3 is 30.3 Å². The minimum Gasteiger partial charge on any atom is -0.632 e. The van der Waals surface area contributed by atoms with Gasteiger partial charge in [-0.05, 0) is 113 Å². The number of nitrogens with one attached hydrogen (secondary N) is 2. The van der Waals surface area contributed by atoms with Crippen molar-refractivity contribution in [3.05, 3.63) is 10.4 Å². The number of carbonyl (C=O) groups excluding carboxylic acids is 2. The highest BCUT2D eigenvalue weighted by atomic mass is 16.6. The molecule has 10 fully saturated rings. The standard InChI is InChI=1S/C33H52N4O4/c38-30(34-32-16-22-10-23(17-32)12-24(11-22)18-32)28-4-1-6-36(28,40)8-3-9-37(41)7-2-5-29(37)31(39)35-33-19-25-13-26(20-33)15-27(14-25)21-33/h22-29H,1-21H2,(H,34,38)(H,35,39)/t22?,23?,24?,25?,26?,27?,28-,29-,32?,33?,36+,37+/m0/s1. The van der Waals surface area contributed by atoms with Gasteiger partial charge >= 0.3 is 0 Å². The molecule has 0 radical (unpaired) electrons. The molecule has 0 aromatic carbocycles. The molecule has 8 saturated carbocycles. The molecule has 228 valence electrons. The third-order valence-electron chi connectivity index (χ3n) is 13.7. The quantitative estimate of drug-likeness (QED) is 0.332. The first-order chi connectivity index (χ1) is 19.6. The Morgan fingerprint density at radius 3 is 1.22 bits per heavy atom. The average Bonchev–Trinajstić information content (AvgIpc) is 3.44. The van der Waals surface area contributed by atoms with E-state index in [1.54, 1.807) is 0 Å². The van der Waals surface area contributed by atoms with E-state index in [1.165, 1.54) is 38.5 Å². The Kier molecular flexibility index (Phi) is 6.43. The van der Waals surface area contributed by atoms with Crippen LogP contribution in [0.25, 0.3) is 0 Å². The minimum absolute atomic E-state index is 0.0283. The van der Waals surface area contributed by atoms with Gasteiger partial charge in [-0.1, -0.05) is 0 Å². The van der Waals surface area contributed by atoms with Gasteiger partial charge in [-0.15, -0.1) is 0 Å². The lowest BCUT2D eigenvalue weighted by Crippen LogP contribution is -2.64. The molecule has 2 saturated heterocycles. The fourth-order valence-corrected chi connectivity index (χ4v) is 12.9. The van der Waals surface area contributed by atoms with Crippen molar-refractivity contribution >= 4 is 11.8 Å². The molecule has 2 amide bonds. The van der Waals surface area contributed by atoms with Gasteiger partial charge in [0, 0.05) is 43.2 Å². The van der Waals surface area contributed by atoms with E-state index in [9.17, 15) is 20.0 Å². The summed E-state index contributed by atoms with van der Waals surface area (Å²) in [7, 11) is 0. The number of rotatable bonds is 8. The van der Waals surface area contributed by atoms with Crippen LogP contribution in [0, 0.1) is 45.9 Å². The number of nitrogens with zero attached hydrogens (tertiary/aromatic N) is 2. The topological polar surface area (TPSA) is 104 Å². The zero-order chi connectivity index (χ0) is 28.0. The Morgan fingerprint density at radius 2 is 0.902 bits per heavy atom. The van der Waals surface area contributed by atoms with Crippen molar-refractivity contribution in [1.82, 2.24) is 10.6 Å². The second-order valence-electron chi connectivity index (χ2n) is 16.8. The molecule has 10 aliphatic rings. The molecular formula is C33H52N4O4. The Hall–Kier alpha value is -1.22. The van der Waals surface area contributed by atoms with Crippen molar-refractivity contribution in [3.63, 3.8) is 0 Å². The number of hydroxylamine groups is 6. The Morgan fingerprint density at radius 1 is 0.585 bits per heavy atom. The van der Waals surface area contributed by atoms with Crippen LogP contribution in [0.1, 0.15) is 109 Å². The van der Waals surface area contributed by atoms with E-state index >= 15 is 0 Å². The molecule has 0 unspecified atom stereocenters. The van der Waals surface area contributed by atoms with E-state index in [0.29, 0.717) is 45.4 Å². The summed E-state index contributed by atoms with van der Waals surface area (Å²) < 4.78 is -0.968. The fourth-order valence-electron chi connectivity index (χ4n) is 12.9. The van der Waals surface area contributed by atoms with Gasteiger partial charge in [-0.3, -0.25) is 9.59 Å². The van der Waals surface area contributed by atoms with Crippen molar-refractivity contribution in [1.29, 1.82) is 0 Å². The summed E-state index contributed by atoms with van der Waals surface area (Å²) in [5, 5.41) is 35.1. The fraction of sp³-hybridized carbons (Fsp3) is 0.939. The SMILES string of the molecule is O=C(NC12CC3CC(CC(C3)C1)C2)[C@@H]1CCC[N@@+]1([O-])CCC[N@+]1([O-])CCC[C@H]1C(=O)NC12CC3CC(CC(C3)C1)C2. The molecule has 8 nitrogen and oxygen atoms in total. The maximum absolute atomic E-state index is 14.1. The number of likely N-dealkylation sites (tertiary alicyclic amines) is 2.